The molecular weight excluding hydrogens is 245 g/mol. The maximum Gasteiger partial charge on any atom is 0.126 e. The minimum absolute atomic E-state index is 0.176. The van der Waals surface area contributed by atoms with Crippen molar-refractivity contribution in [1.29, 1.82) is 0 Å². The maximum atomic E-state index is 13.3. The number of halogens is 1. The average molecular weight is 269 g/mol. The molecule has 1 aromatic rings. The summed E-state index contributed by atoms with van der Waals surface area (Å²) in [6.07, 6.45) is 0.103. The lowest BCUT2D eigenvalue weighted by Gasteiger charge is -2.13. The number of nitrogens with one attached hydrogen (secondary N) is 1. The second kappa shape index (κ2) is 9.02. The molecule has 2 N–H and O–H groups in total. The van der Waals surface area contributed by atoms with E-state index < -0.39 is 6.10 Å². The van der Waals surface area contributed by atoms with Crippen LogP contribution in [0.3, 0.4) is 0 Å². The van der Waals surface area contributed by atoms with E-state index >= 15 is 0 Å². The van der Waals surface area contributed by atoms with Gasteiger partial charge < -0.3 is 15.2 Å². The van der Waals surface area contributed by atoms with Crippen molar-refractivity contribution >= 4 is 0 Å². The first-order valence-corrected chi connectivity index (χ1v) is 6.79. The summed E-state index contributed by atoms with van der Waals surface area (Å²) in [5, 5.41) is 12.8. The topological polar surface area (TPSA) is 41.5 Å². The van der Waals surface area contributed by atoms with Crippen molar-refractivity contribution < 1.29 is 14.2 Å². The number of ether oxygens (including phenoxy) is 1. The molecule has 108 valence electrons. The first-order valence-electron chi connectivity index (χ1n) is 6.79. The maximum absolute atomic E-state index is 13.3. The van der Waals surface area contributed by atoms with Crippen LogP contribution < -0.4 is 5.32 Å². The van der Waals surface area contributed by atoms with Crippen LogP contribution in [-0.2, 0) is 11.2 Å². The molecule has 1 atom stereocenters. The van der Waals surface area contributed by atoms with E-state index in [1.807, 2.05) is 6.07 Å². The van der Waals surface area contributed by atoms with E-state index in [2.05, 4.69) is 19.2 Å². The molecule has 0 spiro atoms. The van der Waals surface area contributed by atoms with E-state index in [9.17, 15) is 9.50 Å². The zero-order valence-corrected chi connectivity index (χ0v) is 11.7. The van der Waals surface area contributed by atoms with E-state index in [1.165, 1.54) is 6.07 Å². The summed E-state index contributed by atoms with van der Waals surface area (Å²) >= 11 is 0. The number of aliphatic hydroxyl groups is 1. The molecule has 0 fully saturated rings. The molecule has 0 saturated carbocycles. The molecule has 0 aliphatic rings. The number of hydrogen-bond donors (Lipinski definition) is 2. The summed E-state index contributed by atoms with van der Waals surface area (Å²) < 4.78 is 18.7. The van der Waals surface area contributed by atoms with E-state index in [0.717, 1.165) is 0 Å². The van der Waals surface area contributed by atoms with Gasteiger partial charge in [-0.3, -0.25) is 0 Å². The van der Waals surface area contributed by atoms with Gasteiger partial charge in [0.2, 0.25) is 0 Å². The van der Waals surface area contributed by atoms with Crippen LogP contribution in [0.25, 0.3) is 0 Å². The van der Waals surface area contributed by atoms with Gasteiger partial charge in [0.15, 0.2) is 0 Å². The Morgan fingerprint density at radius 3 is 2.68 bits per heavy atom. The van der Waals surface area contributed by atoms with Crippen molar-refractivity contribution in [2.45, 2.75) is 26.4 Å². The van der Waals surface area contributed by atoms with Crippen molar-refractivity contribution in [2.75, 3.05) is 26.3 Å². The summed E-state index contributed by atoms with van der Waals surface area (Å²) in [6.45, 7) is 6.24. The zero-order chi connectivity index (χ0) is 14.1. The second-order valence-electron chi connectivity index (χ2n) is 5.13. The fourth-order valence-electron chi connectivity index (χ4n) is 1.69. The van der Waals surface area contributed by atoms with Crippen molar-refractivity contribution in [3.8, 4) is 0 Å². The van der Waals surface area contributed by atoms with Gasteiger partial charge in [0.25, 0.3) is 0 Å². The van der Waals surface area contributed by atoms with E-state index in [-0.39, 0.29) is 5.82 Å². The van der Waals surface area contributed by atoms with Gasteiger partial charge in [-0.15, -0.1) is 0 Å². The van der Waals surface area contributed by atoms with Gasteiger partial charge in [-0.05, 0) is 30.5 Å². The summed E-state index contributed by atoms with van der Waals surface area (Å²) in [7, 11) is 0. The molecule has 4 heteroatoms. The van der Waals surface area contributed by atoms with Crippen molar-refractivity contribution in [3.63, 3.8) is 0 Å². The van der Waals surface area contributed by atoms with Crippen LogP contribution in [0.15, 0.2) is 24.3 Å². The van der Waals surface area contributed by atoms with E-state index in [0.29, 0.717) is 44.2 Å². The monoisotopic (exact) mass is 269 g/mol. The van der Waals surface area contributed by atoms with Gasteiger partial charge in [0.05, 0.1) is 12.7 Å². The highest BCUT2D eigenvalue weighted by Gasteiger charge is 2.05. The van der Waals surface area contributed by atoms with Gasteiger partial charge >= 0.3 is 0 Å². The Morgan fingerprint density at radius 2 is 2.00 bits per heavy atom. The minimum atomic E-state index is -0.514. The van der Waals surface area contributed by atoms with Crippen molar-refractivity contribution in [3.05, 3.63) is 35.6 Å². The molecule has 0 aromatic heterocycles. The Balaban J connectivity index is 2.09. The van der Waals surface area contributed by atoms with Crippen LogP contribution in [0.5, 0.6) is 0 Å². The molecule has 1 unspecified atom stereocenters. The molecule has 0 radical (unpaired) electrons. The predicted molar refractivity (Wildman–Crippen MR) is 74.6 cm³/mol. The van der Waals surface area contributed by atoms with E-state index in [1.54, 1.807) is 12.1 Å². The Kier molecular flexibility index (Phi) is 7.63. The normalized spacial score (nSPS) is 12.9. The van der Waals surface area contributed by atoms with E-state index in [4.69, 9.17) is 4.74 Å². The largest absolute Gasteiger partial charge is 0.389 e. The number of benzene rings is 1. The lowest BCUT2D eigenvalue weighted by molar-refractivity contribution is 0.0263. The molecule has 0 aliphatic heterocycles. The number of hydrogen-bond acceptors (Lipinski definition) is 3. The van der Waals surface area contributed by atoms with Crippen LogP contribution in [-0.4, -0.2) is 37.5 Å². The predicted octanol–water partition coefficient (Wildman–Crippen LogP) is 1.99. The fourth-order valence-corrected chi connectivity index (χ4v) is 1.69. The Bertz CT molecular complexity index is 358. The summed E-state index contributed by atoms with van der Waals surface area (Å²) in [5.74, 6) is 0.298. The molecule has 0 heterocycles. The quantitative estimate of drug-likeness (QED) is 0.674. The summed E-state index contributed by atoms with van der Waals surface area (Å²) in [5.41, 5.74) is 0.695. The van der Waals surface area contributed by atoms with Crippen LogP contribution in [0.2, 0.25) is 0 Å². The molecule has 19 heavy (non-hydrogen) atoms. The third-order valence-electron chi connectivity index (χ3n) is 2.67. The molecule has 0 saturated heterocycles. The second-order valence-corrected chi connectivity index (χ2v) is 5.13. The van der Waals surface area contributed by atoms with Crippen LogP contribution >= 0.6 is 0 Å². The summed E-state index contributed by atoms with van der Waals surface area (Å²) in [4.78, 5) is 0. The van der Waals surface area contributed by atoms with Gasteiger partial charge in [0, 0.05) is 13.2 Å². The lowest BCUT2D eigenvalue weighted by Crippen LogP contribution is -2.32. The zero-order valence-electron chi connectivity index (χ0n) is 11.7. The van der Waals surface area contributed by atoms with Crippen molar-refractivity contribution in [2.24, 2.45) is 5.92 Å². The minimum Gasteiger partial charge on any atom is -0.389 e. The van der Waals surface area contributed by atoms with Crippen molar-refractivity contribution in [1.82, 2.24) is 5.32 Å². The SMILES string of the molecule is CC(C)COCC(O)CNCCc1ccccc1F. The van der Waals surface area contributed by atoms with Crippen LogP contribution in [0.4, 0.5) is 4.39 Å². The molecule has 1 rings (SSSR count). The van der Waals surface area contributed by atoms with Gasteiger partial charge in [-0.25, -0.2) is 4.39 Å². The number of aliphatic hydroxyl groups excluding tert-OH is 1. The fraction of sp³-hybridized carbons (Fsp3) is 0.600. The highest BCUT2D eigenvalue weighted by atomic mass is 19.1. The number of rotatable bonds is 9. The molecule has 0 bridgehead atoms. The summed E-state index contributed by atoms with van der Waals surface area (Å²) in [6, 6.07) is 6.75. The Hall–Kier alpha value is -0.970. The molecule has 0 amide bonds. The van der Waals surface area contributed by atoms with Crippen LogP contribution in [0, 0.1) is 11.7 Å². The third kappa shape index (κ3) is 7.25. The van der Waals surface area contributed by atoms with Gasteiger partial charge in [-0.2, -0.15) is 0 Å². The molecule has 0 aliphatic carbocycles. The highest BCUT2D eigenvalue weighted by Crippen LogP contribution is 2.06. The molecule has 3 nitrogen and oxygen atoms in total. The van der Waals surface area contributed by atoms with Crippen LogP contribution in [0.1, 0.15) is 19.4 Å². The smallest absolute Gasteiger partial charge is 0.126 e. The third-order valence-corrected chi connectivity index (χ3v) is 2.67. The molecular formula is C15H24FNO2. The first kappa shape index (κ1) is 16.1. The Morgan fingerprint density at radius 1 is 1.26 bits per heavy atom. The Labute approximate surface area is 114 Å². The average Bonchev–Trinajstić information content (AvgIpc) is 2.36. The van der Waals surface area contributed by atoms with Gasteiger partial charge in [-0.1, -0.05) is 32.0 Å². The standard InChI is InChI=1S/C15H24FNO2/c1-12(2)10-19-11-14(18)9-17-8-7-13-5-3-4-6-15(13)16/h3-6,12,14,17-18H,7-11H2,1-2H3. The highest BCUT2D eigenvalue weighted by molar-refractivity contribution is 5.17. The lowest BCUT2D eigenvalue weighted by atomic mass is 10.1. The molecule has 1 aromatic carbocycles. The first-order chi connectivity index (χ1) is 9.09. The van der Waals surface area contributed by atoms with Gasteiger partial charge in [0.1, 0.15) is 5.82 Å².